The SMILES string of the molecule is COc1ccc(NC(=O)[C@H](C)SCc2cccc(C(F)(F)F)c2)cc1. The van der Waals surface area contributed by atoms with Crippen LogP contribution in [0.15, 0.2) is 48.5 Å². The smallest absolute Gasteiger partial charge is 0.416 e. The number of alkyl halides is 3. The second kappa shape index (κ2) is 8.29. The predicted molar refractivity (Wildman–Crippen MR) is 93.8 cm³/mol. The molecule has 2 aromatic rings. The molecule has 25 heavy (non-hydrogen) atoms. The average Bonchev–Trinajstić information content (AvgIpc) is 2.59. The second-order valence-corrected chi connectivity index (χ2v) is 6.70. The van der Waals surface area contributed by atoms with Gasteiger partial charge < -0.3 is 10.1 Å². The third-order valence-corrected chi connectivity index (χ3v) is 4.70. The van der Waals surface area contributed by atoms with E-state index in [1.54, 1.807) is 44.4 Å². The molecule has 0 radical (unpaired) electrons. The van der Waals surface area contributed by atoms with Gasteiger partial charge in [-0.3, -0.25) is 4.79 Å². The fourth-order valence-corrected chi connectivity index (χ4v) is 2.88. The molecular formula is C18H18F3NO2S. The molecule has 1 N–H and O–H groups in total. The van der Waals surface area contributed by atoms with Crippen LogP contribution < -0.4 is 10.1 Å². The van der Waals surface area contributed by atoms with Crippen molar-refractivity contribution in [2.45, 2.75) is 24.1 Å². The van der Waals surface area contributed by atoms with Gasteiger partial charge in [0.05, 0.1) is 17.9 Å². The van der Waals surface area contributed by atoms with Gasteiger partial charge in [-0.15, -0.1) is 11.8 Å². The summed E-state index contributed by atoms with van der Waals surface area (Å²) < 4.78 is 43.2. The van der Waals surface area contributed by atoms with Crippen LogP contribution >= 0.6 is 11.8 Å². The molecule has 0 aromatic heterocycles. The van der Waals surface area contributed by atoms with Gasteiger partial charge in [0.2, 0.25) is 5.91 Å². The van der Waals surface area contributed by atoms with Crippen LogP contribution in [0.4, 0.5) is 18.9 Å². The van der Waals surface area contributed by atoms with Crippen LogP contribution in [0.5, 0.6) is 5.75 Å². The summed E-state index contributed by atoms with van der Waals surface area (Å²) in [7, 11) is 1.56. The number of methoxy groups -OCH3 is 1. The summed E-state index contributed by atoms with van der Waals surface area (Å²) in [5.41, 5.74) is 0.488. The number of benzene rings is 2. The number of thioether (sulfide) groups is 1. The molecule has 0 saturated heterocycles. The zero-order valence-corrected chi connectivity index (χ0v) is 14.6. The zero-order chi connectivity index (χ0) is 18.4. The number of halogens is 3. The Morgan fingerprint density at radius 1 is 1.20 bits per heavy atom. The Labute approximate surface area is 148 Å². The molecule has 1 amide bonds. The molecule has 134 valence electrons. The third kappa shape index (κ3) is 5.70. The fourth-order valence-electron chi connectivity index (χ4n) is 2.05. The van der Waals surface area contributed by atoms with E-state index in [-0.39, 0.29) is 5.91 Å². The molecule has 0 aliphatic heterocycles. The molecule has 7 heteroatoms. The van der Waals surface area contributed by atoms with Gasteiger partial charge in [-0.05, 0) is 42.8 Å². The summed E-state index contributed by atoms with van der Waals surface area (Å²) in [6, 6.07) is 12.1. The molecule has 0 heterocycles. The van der Waals surface area contributed by atoms with Gasteiger partial charge in [0.25, 0.3) is 0 Å². The van der Waals surface area contributed by atoms with Crippen molar-refractivity contribution in [3.8, 4) is 5.75 Å². The van der Waals surface area contributed by atoms with Crippen molar-refractivity contribution in [2.75, 3.05) is 12.4 Å². The normalized spacial score (nSPS) is 12.5. The molecule has 0 aliphatic rings. The highest BCUT2D eigenvalue weighted by Gasteiger charge is 2.30. The highest BCUT2D eigenvalue weighted by atomic mass is 32.2. The number of amides is 1. The fraction of sp³-hybridized carbons (Fsp3) is 0.278. The standard InChI is InChI=1S/C18H18F3NO2S/c1-12(17(23)22-15-6-8-16(24-2)9-7-15)25-11-13-4-3-5-14(10-13)18(19,20)21/h3-10,12H,11H2,1-2H3,(H,22,23)/t12-/m0/s1. The van der Waals surface area contributed by atoms with Crippen molar-refractivity contribution in [1.82, 2.24) is 0 Å². The quantitative estimate of drug-likeness (QED) is 0.781. The zero-order valence-electron chi connectivity index (χ0n) is 13.8. The monoisotopic (exact) mass is 369 g/mol. The number of hydrogen-bond donors (Lipinski definition) is 1. The molecular weight excluding hydrogens is 351 g/mol. The van der Waals surface area contributed by atoms with Crippen LogP contribution in [0.3, 0.4) is 0 Å². The highest BCUT2D eigenvalue weighted by molar-refractivity contribution is 7.99. The van der Waals surface area contributed by atoms with Gasteiger partial charge in [-0.25, -0.2) is 0 Å². The van der Waals surface area contributed by atoms with Crippen molar-refractivity contribution in [1.29, 1.82) is 0 Å². The van der Waals surface area contributed by atoms with Crippen LogP contribution in [-0.4, -0.2) is 18.3 Å². The van der Waals surface area contributed by atoms with Crippen molar-refractivity contribution in [3.05, 3.63) is 59.7 Å². The highest BCUT2D eigenvalue weighted by Crippen LogP contribution is 2.30. The number of rotatable bonds is 6. The molecule has 0 fully saturated rings. The summed E-state index contributed by atoms with van der Waals surface area (Å²) in [5.74, 6) is 0.799. The minimum atomic E-state index is -4.36. The van der Waals surface area contributed by atoms with E-state index in [4.69, 9.17) is 4.74 Å². The van der Waals surface area contributed by atoms with Crippen molar-refractivity contribution in [3.63, 3.8) is 0 Å². The molecule has 2 aromatic carbocycles. The first kappa shape index (κ1) is 19.2. The van der Waals surface area contributed by atoms with Gasteiger partial charge in [-0.1, -0.05) is 18.2 Å². The van der Waals surface area contributed by atoms with E-state index in [0.29, 0.717) is 22.8 Å². The lowest BCUT2D eigenvalue weighted by Gasteiger charge is -2.13. The number of carbonyl (C=O) groups is 1. The Morgan fingerprint density at radius 2 is 1.88 bits per heavy atom. The summed E-state index contributed by atoms with van der Waals surface area (Å²) in [4.78, 5) is 12.2. The number of ether oxygens (including phenoxy) is 1. The Hall–Kier alpha value is -2.15. The lowest BCUT2D eigenvalue weighted by atomic mass is 10.1. The van der Waals surface area contributed by atoms with Crippen LogP contribution in [0.1, 0.15) is 18.1 Å². The van der Waals surface area contributed by atoms with E-state index < -0.39 is 17.0 Å². The third-order valence-electron chi connectivity index (χ3n) is 3.48. The van der Waals surface area contributed by atoms with E-state index in [2.05, 4.69) is 5.32 Å². The maximum Gasteiger partial charge on any atom is 0.416 e. The number of hydrogen-bond acceptors (Lipinski definition) is 3. The van der Waals surface area contributed by atoms with E-state index in [0.717, 1.165) is 12.1 Å². The van der Waals surface area contributed by atoms with E-state index in [1.165, 1.54) is 17.8 Å². The summed E-state index contributed by atoms with van der Waals surface area (Å²) in [6.07, 6.45) is -4.36. The van der Waals surface area contributed by atoms with E-state index >= 15 is 0 Å². The van der Waals surface area contributed by atoms with Gasteiger partial charge in [0.15, 0.2) is 0 Å². The second-order valence-electron chi connectivity index (χ2n) is 5.37. The Bertz CT molecular complexity index is 717. The first-order valence-corrected chi connectivity index (χ1v) is 8.57. The number of anilines is 1. The van der Waals surface area contributed by atoms with Gasteiger partial charge in [0, 0.05) is 11.4 Å². The largest absolute Gasteiger partial charge is 0.497 e. The summed E-state index contributed by atoms with van der Waals surface area (Å²) in [5, 5.41) is 2.36. The molecule has 0 saturated carbocycles. The Balaban J connectivity index is 1.90. The van der Waals surface area contributed by atoms with Crippen LogP contribution in [0, 0.1) is 0 Å². The molecule has 1 atom stereocenters. The maximum absolute atomic E-state index is 12.7. The molecule has 3 nitrogen and oxygen atoms in total. The van der Waals surface area contributed by atoms with Crippen molar-refractivity contribution >= 4 is 23.4 Å². The Kier molecular flexibility index (Phi) is 6.36. The minimum Gasteiger partial charge on any atom is -0.497 e. The first-order valence-electron chi connectivity index (χ1n) is 7.52. The van der Waals surface area contributed by atoms with Crippen LogP contribution in [0.2, 0.25) is 0 Å². The maximum atomic E-state index is 12.7. The average molecular weight is 369 g/mol. The lowest BCUT2D eigenvalue weighted by molar-refractivity contribution is -0.137. The molecule has 0 unspecified atom stereocenters. The topological polar surface area (TPSA) is 38.3 Å². The molecule has 0 spiro atoms. The van der Waals surface area contributed by atoms with E-state index in [9.17, 15) is 18.0 Å². The lowest BCUT2D eigenvalue weighted by Crippen LogP contribution is -2.22. The number of carbonyl (C=O) groups excluding carboxylic acids is 1. The Morgan fingerprint density at radius 3 is 2.48 bits per heavy atom. The number of nitrogens with one attached hydrogen (secondary N) is 1. The summed E-state index contributed by atoms with van der Waals surface area (Å²) in [6.45, 7) is 1.72. The summed E-state index contributed by atoms with van der Waals surface area (Å²) >= 11 is 1.28. The molecule has 0 bridgehead atoms. The van der Waals surface area contributed by atoms with Gasteiger partial charge >= 0.3 is 6.18 Å². The van der Waals surface area contributed by atoms with Gasteiger partial charge in [-0.2, -0.15) is 13.2 Å². The predicted octanol–water partition coefficient (Wildman–Crippen LogP) is 4.97. The van der Waals surface area contributed by atoms with Crippen molar-refractivity contribution < 1.29 is 22.7 Å². The van der Waals surface area contributed by atoms with Crippen LogP contribution in [0.25, 0.3) is 0 Å². The van der Waals surface area contributed by atoms with E-state index in [1.807, 2.05) is 0 Å². The van der Waals surface area contributed by atoms with Gasteiger partial charge in [0.1, 0.15) is 5.75 Å². The van der Waals surface area contributed by atoms with Crippen molar-refractivity contribution in [2.24, 2.45) is 0 Å². The molecule has 2 rings (SSSR count). The first-order chi connectivity index (χ1) is 11.8. The molecule has 0 aliphatic carbocycles. The van der Waals surface area contributed by atoms with Crippen LogP contribution in [-0.2, 0) is 16.7 Å². The minimum absolute atomic E-state index is 0.206.